The maximum Gasteiger partial charge on any atom is 0.427 e. The van der Waals surface area contributed by atoms with Gasteiger partial charge < -0.3 is 20.0 Å². The van der Waals surface area contributed by atoms with E-state index in [4.69, 9.17) is 9.79 Å². The Morgan fingerprint density at radius 3 is 2.33 bits per heavy atom. The van der Waals surface area contributed by atoms with Gasteiger partial charge in [-0.2, -0.15) is 0 Å². The number of hydrogen-bond acceptors (Lipinski definition) is 5. The van der Waals surface area contributed by atoms with Crippen molar-refractivity contribution in [2.45, 2.75) is 12.8 Å². The molecule has 0 saturated carbocycles. The number of nitrogens with one attached hydrogen (secondary N) is 1. The molecule has 9 heteroatoms. The molecule has 24 heavy (non-hydrogen) atoms. The Bertz CT molecular complexity index is 761. The number of aliphatic hydroxyl groups is 1. The summed E-state index contributed by atoms with van der Waals surface area (Å²) in [5, 5.41) is 20.4. The van der Waals surface area contributed by atoms with Crippen molar-refractivity contribution in [1.82, 2.24) is 5.09 Å². The summed E-state index contributed by atoms with van der Waals surface area (Å²) in [7, 11) is -4.74. The highest BCUT2D eigenvalue weighted by molar-refractivity contribution is 7.49. The van der Waals surface area contributed by atoms with Crippen LogP contribution in [0.15, 0.2) is 47.9 Å². The second-order valence-corrected chi connectivity index (χ2v) is 6.60. The summed E-state index contributed by atoms with van der Waals surface area (Å²) < 4.78 is 11.1. The lowest BCUT2D eigenvalue weighted by atomic mass is 9.88. The van der Waals surface area contributed by atoms with E-state index in [1.54, 1.807) is 12.1 Å². The Balaban J connectivity index is 2.13. The summed E-state index contributed by atoms with van der Waals surface area (Å²) in [5.41, 5.74) is 0.431. The average molecular weight is 353 g/mol. The van der Waals surface area contributed by atoms with Crippen molar-refractivity contribution in [3.63, 3.8) is 0 Å². The van der Waals surface area contributed by atoms with Crippen LogP contribution < -0.4 is 5.09 Å². The molecular formula is C15H16NO7P. The maximum absolute atomic E-state index is 12.3. The minimum absolute atomic E-state index is 0.0457. The Morgan fingerprint density at radius 1 is 1.12 bits per heavy atom. The molecule has 8 nitrogen and oxygen atoms in total. The number of carbonyl (C=O) groups excluding carboxylic acids is 2. The fraction of sp³-hybridized carbons (Fsp3) is 0.200. The van der Waals surface area contributed by atoms with E-state index in [-0.39, 0.29) is 17.9 Å². The quantitative estimate of drug-likeness (QED) is 0.378. The monoisotopic (exact) mass is 353 g/mol. The third kappa shape index (κ3) is 4.79. The van der Waals surface area contributed by atoms with Gasteiger partial charge >= 0.3 is 7.75 Å². The lowest BCUT2D eigenvalue weighted by Crippen LogP contribution is -2.33. The first-order valence-corrected chi connectivity index (χ1v) is 8.57. The molecule has 0 fully saturated rings. The summed E-state index contributed by atoms with van der Waals surface area (Å²) >= 11 is 0. The lowest BCUT2D eigenvalue weighted by molar-refractivity contribution is -0.129. The van der Waals surface area contributed by atoms with Crippen molar-refractivity contribution in [3.8, 4) is 5.75 Å². The summed E-state index contributed by atoms with van der Waals surface area (Å²) in [6.45, 7) is 0. The van der Waals surface area contributed by atoms with Crippen LogP contribution in [-0.4, -0.2) is 31.6 Å². The topological polar surface area (TPSA) is 144 Å². The zero-order valence-electron chi connectivity index (χ0n) is 12.4. The number of phenols is 1. The van der Waals surface area contributed by atoms with Crippen molar-refractivity contribution < 1.29 is 34.2 Å². The van der Waals surface area contributed by atoms with Gasteiger partial charge in [0, 0.05) is 24.3 Å². The van der Waals surface area contributed by atoms with E-state index in [0.717, 1.165) is 17.7 Å². The first kappa shape index (κ1) is 17.9. The van der Waals surface area contributed by atoms with Crippen LogP contribution in [0, 0.1) is 5.92 Å². The molecule has 1 aliphatic carbocycles. The first-order valence-electron chi connectivity index (χ1n) is 6.96. The van der Waals surface area contributed by atoms with Gasteiger partial charge in [-0.05, 0) is 24.1 Å². The van der Waals surface area contributed by atoms with E-state index in [9.17, 15) is 24.4 Å². The van der Waals surface area contributed by atoms with E-state index in [0.29, 0.717) is 6.42 Å². The highest BCUT2D eigenvalue weighted by Gasteiger charge is 2.34. The third-order valence-electron chi connectivity index (χ3n) is 3.38. The molecule has 1 aromatic rings. The van der Waals surface area contributed by atoms with Crippen LogP contribution in [0.4, 0.5) is 0 Å². The first-order chi connectivity index (χ1) is 11.2. The predicted octanol–water partition coefficient (Wildman–Crippen LogP) is 1.10. The van der Waals surface area contributed by atoms with Crippen molar-refractivity contribution in [3.05, 3.63) is 53.4 Å². The molecule has 0 saturated heterocycles. The smallest absolute Gasteiger partial charge is 0.427 e. The molecule has 1 aliphatic rings. The van der Waals surface area contributed by atoms with Gasteiger partial charge in [-0.25, -0.2) is 4.57 Å². The van der Waals surface area contributed by atoms with E-state index >= 15 is 0 Å². The van der Waals surface area contributed by atoms with Crippen LogP contribution >= 0.6 is 7.75 Å². The minimum Gasteiger partial charge on any atom is -0.508 e. The minimum atomic E-state index is -4.74. The number of ketones is 2. The molecule has 1 atom stereocenters. The van der Waals surface area contributed by atoms with E-state index in [1.165, 1.54) is 12.1 Å². The van der Waals surface area contributed by atoms with Gasteiger partial charge in [-0.1, -0.05) is 12.1 Å². The van der Waals surface area contributed by atoms with Crippen LogP contribution in [0.2, 0.25) is 0 Å². The second kappa shape index (κ2) is 7.00. The number of Topliss-reactive ketones (excluding diaryl/α,β-unsaturated/α-hetero) is 1. The molecule has 1 unspecified atom stereocenters. The number of aromatic hydroxyl groups is 1. The third-order valence-corrected chi connectivity index (χ3v) is 3.93. The Hall–Kier alpha value is -2.41. The molecule has 0 radical (unpaired) electrons. The predicted molar refractivity (Wildman–Crippen MR) is 83.9 cm³/mol. The van der Waals surface area contributed by atoms with Crippen molar-refractivity contribution in [2.24, 2.45) is 5.92 Å². The number of carbonyl (C=O) groups is 2. The zero-order chi connectivity index (χ0) is 17.9. The van der Waals surface area contributed by atoms with E-state index < -0.39 is 31.0 Å². The van der Waals surface area contributed by atoms with Crippen molar-refractivity contribution in [2.75, 3.05) is 0 Å². The number of aryl methyl sites for hydroxylation is 1. The molecule has 0 spiro atoms. The van der Waals surface area contributed by atoms with Gasteiger partial charge in [-0.3, -0.25) is 14.7 Å². The number of allylic oxidation sites excluding steroid dienone is 3. The number of phenolic OH excluding ortho intramolecular Hbond substituents is 1. The van der Waals surface area contributed by atoms with Crippen LogP contribution in [0.25, 0.3) is 0 Å². The normalized spacial score (nSPS) is 17.9. The SMILES string of the molecule is O=C1C=C(O)C=C(NP(=O)(O)O)C1C(=O)CCc1ccc(O)cc1. The van der Waals surface area contributed by atoms with Gasteiger partial charge in [0.25, 0.3) is 0 Å². The fourth-order valence-corrected chi connectivity index (χ4v) is 2.87. The maximum atomic E-state index is 12.3. The van der Waals surface area contributed by atoms with Gasteiger partial charge in [0.15, 0.2) is 5.78 Å². The molecule has 1 aromatic carbocycles. The largest absolute Gasteiger partial charge is 0.508 e. The number of aliphatic hydroxyl groups excluding tert-OH is 1. The number of rotatable bonds is 6. The summed E-state index contributed by atoms with van der Waals surface area (Å²) in [6.07, 6.45) is 2.04. The van der Waals surface area contributed by atoms with Crippen LogP contribution in [0.5, 0.6) is 5.75 Å². The Morgan fingerprint density at radius 2 is 1.75 bits per heavy atom. The molecule has 0 amide bonds. The summed E-state index contributed by atoms with van der Waals surface area (Å²) in [4.78, 5) is 42.3. The average Bonchev–Trinajstić information content (AvgIpc) is 2.44. The van der Waals surface area contributed by atoms with E-state index in [2.05, 4.69) is 0 Å². The number of benzene rings is 1. The van der Waals surface area contributed by atoms with Gasteiger partial charge in [0.05, 0.1) is 0 Å². The summed E-state index contributed by atoms with van der Waals surface area (Å²) in [6, 6.07) is 6.18. The molecule has 0 bridgehead atoms. The Kier molecular flexibility index (Phi) is 5.23. The van der Waals surface area contributed by atoms with Gasteiger partial charge in [0.2, 0.25) is 0 Å². The van der Waals surface area contributed by atoms with E-state index in [1.807, 2.05) is 5.09 Å². The molecule has 0 aliphatic heterocycles. The van der Waals surface area contributed by atoms with Crippen LogP contribution in [0.3, 0.4) is 0 Å². The van der Waals surface area contributed by atoms with Crippen molar-refractivity contribution in [1.29, 1.82) is 0 Å². The molecular weight excluding hydrogens is 337 g/mol. The van der Waals surface area contributed by atoms with Crippen LogP contribution in [0.1, 0.15) is 12.0 Å². The zero-order valence-corrected chi connectivity index (χ0v) is 13.3. The molecule has 0 aromatic heterocycles. The summed E-state index contributed by atoms with van der Waals surface area (Å²) in [5.74, 6) is -3.08. The standard InChI is InChI=1S/C15H16NO7P/c17-10-4-1-9(2-5-10)3-6-13(19)15-12(16-24(21,22)23)7-11(18)8-14(15)20/h1-2,4-5,7-8,15,17-18H,3,6H2,(H3,16,21,22,23). The molecule has 0 heterocycles. The van der Waals surface area contributed by atoms with Gasteiger partial charge in [0.1, 0.15) is 23.2 Å². The van der Waals surface area contributed by atoms with Crippen LogP contribution in [-0.2, 0) is 20.6 Å². The lowest BCUT2D eigenvalue weighted by Gasteiger charge is -2.22. The molecule has 128 valence electrons. The fourth-order valence-electron chi connectivity index (χ4n) is 2.34. The highest BCUT2D eigenvalue weighted by atomic mass is 31.2. The number of hydrogen-bond donors (Lipinski definition) is 5. The second-order valence-electron chi connectivity index (χ2n) is 5.29. The molecule has 5 N–H and O–H groups in total. The molecule has 2 rings (SSSR count). The highest BCUT2D eigenvalue weighted by Crippen LogP contribution is 2.34. The van der Waals surface area contributed by atoms with Crippen molar-refractivity contribution >= 4 is 19.3 Å². The Labute approximate surface area is 137 Å². The van der Waals surface area contributed by atoms with Gasteiger partial charge in [-0.15, -0.1) is 0 Å².